The van der Waals surface area contributed by atoms with Gasteiger partial charge in [-0.2, -0.15) is 4.98 Å². The second-order valence-corrected chi connectivity index (χ2v) is 6.35. The molecule has 0 aliphatic heterocycles. The van der Waals surface area contributed by atoms with E-state index in [-0.39, 0.29) is 12.6 Å². The second kappa shape index (κ2) is 8.60. The molecule has 0 amide bonds. The molecule has 0 aliphatic carbocycles. The summed E-state index contributed by atoms with van der Waals surface area (Å²) < 4.78 is 0. The molecule has 3 aromatic rings. The minimum atomic E-state index is -0.153. The summed E-state index contributed by atoms with van der Waals surface area (Å²) in [6.45, 7) is 2.43. The maximum Gasteiger partial charge on any atom is 0.225 e. The number of hydrogen-bond acceptors (Lipinski definition) is 6. The van der Waals surface area contributed by atoms with Crippen LogP contribution in [0.1, 0.15) is 12.5 Å². The fourth-order valence-electron chi connectivity index (χ4n) is 2.37. The highest BCUT2D eigenvalue weighted by Gasteiger charge is 2.09. The molecule has 0 aliphatic rings. The number of pyridine rings is 1. The molecule has 6 nitrogen and oxygen atoms in total. The molecule has 3 rings (SSSR count). The van der Waals surface area contributed by atoms with Crippen LogP contribution < -0.4 is 10.6 Å². The van der Waals surface area contributed by atoms with Crippen molar-refractivity contribution in [3.63, 3.8) is 0 Å². The van der Waals surface area contributed by atoms with Crippen LogP contribution in [-0.4, -0.2) is 32.7 Å². The van der Waals surface area contributed by atoms with Crippen molar-refractivity contribution in [2.75, 3.05) is 17.2 Å². The first kappa shape index (κ1) is 18.1. The van der Waals surface area contributed by atoms with E-state index in [2.05, 4.69) is 25.6 Å². The minimum absolute atomic E-state index is 0.00818. The third-order valence-corrected chi connectivity index (χ3v) is 3.93. The van der Waals surface area contributed by atoms with Crippen LogP contribution in [0.4, 0.5) is 11.8 Å². The second-order valence-electron chi connectivity index (χ2n) is 5.92. The molecule has 0 saturated carbocycles. The van der Waals surface area contributed by atoms with E-state index in [1.54, 1.807) is 12.4 Å². The Hall–Kier alpha value is -2.70. The lowest BCUT2D eigenvalue weighted by Gasteiger charge is -2.14. The van der Waals surface area contributed by atoms with Gasteiger partial charge in [0.15, 0.2) is 0 Å². The van der Waals surface area contributed by atoms with Crippen molar-refractivity contribution in [2.45, 2.75) is 19.5 Å². The predicted octanol–water partition coefficient (Wildman–Crippen LogP) is 3.60. The van der Waals surface area contributed by atoms with Gasteiger partial charge >= 0.3 is 0 Å². The Balaban J connectivity index is 1.86. The van der Waals surface area contributed by atoms with Crippen LogP contribution in [0.5, 0.6) is 0 Å². The first-order valence-corrected chi connectivity index (χ1v) is 8.67. The summed E-state index contributed by atoms with van der Waals surface area (Å²) >= 11 is 6.04. The zero-order valence-electron chi connectivity index (χ0n) is 14.4. The number of benzene rings is 1. The minimum Gasteiger partial charge on any atom is -0.394 e. The maximum absolute atomic E-state index is 9.27. The Bertz CT molecular complexity index is 860. The summed E-state index contributed by atoms with van der Waals surface area (Å²) in [5.74, 6) is 1.12. The van der Waals surface area contributed by atoms with Gasteiger partial charge in [-0.3, -0.25) is 4.98 Å². The van der Waals surface area contributed by atoms with Crippen molar-refractivity contribution < 1.29 is 5.11 Å². The third-order valence-electron chi connectivity index (χ3n) is 3.70. The van der Waals surface area contributed by atoms with Gasteiger partial charge in [-0.15, -0.1) is 0 Å². The topological polar surface area (TPSA) is 83.0 Å². The molecule has 134 valence electrons. The number of aliphatic hydroxyl groups excluding tert-OH is 1. The van der Waals surface area contributed by atoms with E-state index in [0.717, 1.165) is 16.8 Å². The number of halogens is 1. The van der Waals surface area contributed by atoms with Crippen LogP contribution in [0.15, 0.2) is 54.9 Å². The van der Waals surface area contributed by atoms with Gasteiger partial charge in [0.1, 0.15) is 5.82 Å². The Labute approximate surface area is 157 Å². The fourth-order valence-corrected chi connectivity index (χ4v) is 2.58. The highest BCUT2D eigenvalue weighted by atomic mass is 35.5. The molecule has 1 atom stereocenters. The Morgan fingerprint density at radius 2 is 2.04 bits per heavy atom. The summed E-state index contributed by atoms with van der Waals surface area (Å²) in [5.41, 5.74) is 2.69. The van der Waals surface area contributed by atoms with Gasteiger partial charge in [-0.25, -0.2) is 4.98 Å². The summed E-state index contributed by atoms with van der Waals surface area (Å²) in [7, 11) is 0. The summed E-state index contributed by atoms with van der Waals surface area (Å²) in [4.78, 5) is 13.2. The molecule has 0 spiro atoms. The van der Waals surface area contributed by atoms with Gasteiger partial charge in [-0.1, -0.05) is 23.7 Å². The highest BCUT2D eigenvalue weighted by molar-refractivity contribution is 6.30. The molecular weight excluding hydrogens is 350 g/mol. The average molecular weight is 370 g/mol. The third kappa shape index (κ3) is 4.91. The standard InChI is InChI=1S/C19H20ClN5O/c1-13(12-26)23-19-24-17(15-5-3-7-21-11-15)9-18(25-19)22-10-14-4-2-6-16(20)8-14/h2-9,11,13,26H,10,12H2,1H3,(H2,22,23,24,25)/t13-/m1/s1. The summed E-state index contributed by atoms with van der Waals surface area (Å²) in [5, 5.41) is 16.4. The lowest BCUT2D eigenvalue weighted by molar-refractivity contribution is 0.281. The van der Waals surface area contributed by atoms with Crippen molar-refractivity contribution in [1.82, 2.24) is 15.0 Å². The van der Waals surface area contributed by atoms with Gasteiger partial charge in [0.25, 0.3) is 0 Å². The quantitative estimate of drug-likeness (QED) is 0.590. The fraction of sp³-hybridized carbons (Fsp3) is 0.211. The number of anilines is 2. The highest BCUT2D eigenvalue weighted by Crippen LogP contribution is 2.21. The Morgan fingerprint density at radius 1 is 1.15 bits per heavy atom. The number of rotatable bonds is 7. The maximum atomic E-state index is 9.27. The molecule has 2 aromatic heterocycles. The molecule has 0 unspecified atom stereocenters. The molecule has 1 aromatic carbocycles. The summed E-state index contributed by atoms with van der Waals surface area (Å²) in [6.07, 6.45) is 3.47. The normalized spacial score (nSPS) is 11.8. The molecule has 7 heteroatoms. The average Bonchev–Trinajstić information content (AvgIpc) is 2.67. The number of aliphatic hydroxyl groups is 1. The number of nitrogens with one attached hydrogen (secondary N) is 2. The van der Waals surface area contributed by atoms with Gasteiger partial charge < -0.3 is 15.7 Å². The van der Waals surface area contributed by atoms with Crippen molar-refractivity contribution in [3.8, 4) is 11.3 Å². The van der Waals surface area contributed by atoms with Crippen LogP contribution in [-0.2, 0) is 6.54 Å². The predicted molar refractivity (Wildman–Crippen MR) is 104 cm³/mol. The molecule has 3 N–H and O–H groups in total. The Morgan fingerprint density at radius 3 is 2.77 bits per heavy atom. The molecule has 0 bridgehead atoms. The van der Waals surface area contributed by atoms with E-state index < -0.39 is 0 Å². The van der Waals surface area contributed by atoms with Crippen molar-refractivity contribution >= 4 is 23.4 Å². The van der Waals surface area contributed by atoms with Gasteiger partial charge in [0, 0.05) is 41.6 Å². The van der Waals surface area contributed by atoms with E-state index in [0.29, 0.717) is 23.3 Å². The lowest BCUT2D eigenvalue weighted by atomic mass is 10.2. The van der Waals surface area contributed by atoms with E-state index in [1.807, 2.05) is 49.4 Å². The van der Waals surface area contributed by atoms with Gasteiger partial charge in [-0.05, 0) is 36.8 Å². The van der Waals surface area contributed by atoms with E-state index in [1.165, 1.54) is 0 Å². The SMILES string of the molecule is C[C@H](CO)Nc1nc(NCc2cccc(Cl)c2)cc(-c2cccnc2)n1. The molecule has 0 saturated heterocycles. The first-order valence-electron chi connectivity index (χ1n) is 8.29. The van der Waals surface area contributed by atoms with Crippen molar-refractivity contribution in [1.29, 1.82) is 0 Å². The van der Waals surface area contributed by atoms with Crippen LogP contribution in [0.25, 0.3) is 11.3 Å². The van der Waals surface area contributed by atoms with Crippen LogP contribution in [0, 0.1) is 0 Å². The number of nitrogens with zero attached hydrogens (tertiary/aromatic N) is 3. The van der Waals surface area contributed by atoms with Crippen LogP contribution in [0.3, 0.4) is 0 Å². The van der Waals surface area contributed by atoms with Gasteiger partial charge in [0.2, 0.25) is 5.95 Å². The zero-order valence-corrected chi connectivity index (χ0v) is 15.1. The van der Waals surface area contributed by atoms with E-state index in [4.69, 9.17) is 11.6 Å². The van der Waals surface area contributed by atoms with Crippen LogP contribution >= 0.6 is 11.6 Å². The molecule has 0 fully saturated rings. The Kier molecular flexibility index (Phi) is 5.99. The first-order chi connectivity index (χ1) is 12.6. The smallest absolute Gasteiger partial charge is 0.225 e. The van der Waals surface area contributed by atoms with E-state index in [9.17, 15) is 5.11 Å². The molecule has 2 heterocycles. The van der Waals surface area contributed by atoms with Crippen molar-refractivity contribution in [3.05, 3.63) is 65.4 Å². The lowest BCUT2D eigenvalue weighted by Crippen LogP contribution is -2.21. The molecule has 26 heavy (non-hydrogen) atoms. The molecule has 0 radical (unpaired) electrons. The van der Waals surface area contributed by atoms with E-state index >= 15 is 0 Å². The zero-order chi connectivity index (χ0) is 18.4. The summed E-state index contributed by atoms with van der Waals surface area (Å²) in [6, 6.07) is 13.2. The largest absolute Gasteiger partial charge is 0.394 e. The van der Waals surface area contributed by atoms with Crippen LogP contribution in [0.2, 0.25) is 5.02 Å². The molecular formula is C19H20ClN5O. The van der Waals surface area contributed by atoms with Crippen molar-refractivity contribution in [2.24, 2.45) is 0 Å². The van der Waals surface area contributed by atoms with Gasteiger partial charge in [0.05, 0.1) is 12.3 Å². The number of hydrogen-bond donors (Lipinski definition) is 3. The number of aromatic nitrogens is 3. The monoisotopic (exact) mass is 369 g/mol.